The molecule has 0 radical (unpaired) electrons. The zero-order valence-electron chi connectivity index (χ0n) is 12.3. The molecule has 0 heterocycles. The molecule has 1 unspecified atom stereocenters. The monoisotopic (exact) mass is 256 g/mol. The summed E-state index contributed by atoms with van der Waals surface area (Å²) >= 11 is 0. The van der Waals surface area contributed by atoms with Crippen LogP contribution in [0.4, 0.5) is 0 Å². The fourth-order valence-electron chi connectivity index (χ4n) is 1.57. The summed E-state index contributed by atoms with van der Waals surface area (Å²) in [5, 5.41) is 0. The van der Waals surface area contributed by atoms with E-state index in [0.29, 0.717) is 24.7 Å². The Morgan fingerprint density at radius 1 is 1.28 bits per heavy atom. The van der Waals surface area contributed by atoms with Crippen molar-refractivity contribution in [1.82, 2.24) is 0 Å². The van der Waals surface area contributed by atoms with Crippen molar-refractivity contribution in [2.45, 2.75) is 53.4 Å². The molecular weight excluding hydrogens is 228 g/mol. The van der Waals surface area contributed by atoms with Crippen molar-refractivity contribution in [3.8, 4) is 0 Å². The Morgan fingerprint density at radius 3 is 2.56 bits per heavy atom. The third-order valence-electron chi connectivity index (χ3n) is 3.11. The molecule has 0 aliphatic heterocycles. The number of ether oxygens (including phenoxy) is 2. The number of hydrogen-bond donors (Lipinski definition) is 0. The van der Waals surface area contributed by atoms with Gasteiger partial charge in [0.15, 0.2) is 0 Å². The molecule has 0 fully saturated rings. The third-order valence-corrected chi connectivity index (χ3v) is 3.11. The summed E-state index contributed by atoms with van der Waals surface area (Å²) in [6.07, 6.45) is 6.62. The number of hydrogen-bond acceptors (Lipinski definition) is 3. The molecule has 3 heteroatoms. The van der Waals surface area contributed by atoms with E-state index in [1.165, 1.54) is 19.3 Å². The van der Waals surface area contributed by atoms with Gasteiger partial charge in [0.05, 0.1) is 6.61 Å². The molecular formula is C15H28O3. The van der Waals surface area contributed by atoms with E-state index in [0.717, 1.165) is 13.0 Å². The van der Waals surface area contributed by atoms with Gasteiger partial charge in [-0.2, -0.15) is 0 Å². The Balaban J connectivity index is 3.57. The maximum absolute atomic E-state index is 11.3. The second-order valence-electron chi connectivity index (χ2n) is 4.60. The largest absolute Gasteiger partial charge is 0.460 e. The average molecular weight is 256 g/mol. The normalized spacial score (nSPS) is 13.4. The number of unbranched alkanes of at least 4 members (excludes halogenated alkanes) is 1. The number of esters is 1. The lowest BCUT2D eigenvalue weighted by atomic mass is 10.0. The van der Waals surface area contributed by atoms with E-state index in [9.17, 15) is 4.79 Å². The number of carbonyl (C=O) groups is 1. The van der Waals surface area contributed by atoms with Gasteiger partial charge in [-0.1, -0.05) is 39.2 Å². The third kappa shape index (κ3) is 8.29. The number of rotatable bonds is 10. The van der Waals surface area contributed by atoms with Crippen LogP contribution >= 0.6 is 0 Å². The molecule has 0 N–H and O–H groups in total. The van der Waals surface area contributed by atoms with Gasteiger partial charge >= 0.3 is 5.97 Å². The topological polar surface area (TPSA) is 35.5 Å². The van der Waals surface area contributed by atoms with Crippen LogP contribution in [0.15, 0.2) is 11.6 Å². The van der Waals surface area contributed by atoms with Gasteiger partial charge in [-0.25, -0.2) is 4.79 Å². The number of allylic oxidation sites excluding steroid dienone is 1. The Bertz CT molecular complexity index is 246. The highest BCUT2D eigenvalue weighted by Gasteiger charge is 2.07. The van der Waals surface area contributed by atoms with Crippen molar-refractivity contribution in [3.63, 3.8) is 0 Å². The van der Waals surface area contributed by atoms with Gasteiger partial charge in [0.2, 0.25) is 0 Å². The van der Waals surface area contributed by atoms with Crippen LogP contribution in [0.25, 0.3) is 0 Å². The SMILES string of the molecule is CC=C(C)C(=O)OCCOCC(CC)CCCC. The van der Waals surface area contributed by atoms with E-state index in [1.807, 2.05) is 6.92 Å². The van der Waals surface area contributed by atoms with Crippen molar-refractivity contribution < 1.29 is 14.3 Å². The zero-order valence-corrected chi connectivity index (χ0v) is 12.3. The minimum absolute atomic E-state index is 0.251. The molecule has 0 aromatic heterocycles. The van der Waals surface area contributed by atoms with Gasteiger partial charge < -0.3 is 9.47 Å². The Labute approximate surface area is 112 Å². The minimum atomic E-state index is -0.251. The molecule has 0 aromatic rings. The van der Waals surface area contributed by atoms with E-state index < -0.39 is 0 Å². The molecule has 0 saturated carbocycles. The summed E-state index contributed by atoms with van der Waals surface area (Å²) in [5.41, 5.74) is 0.643. The molecule has 18 heavy (non-hydrogen) atoms. The van der Waals surface area contributed by atoms with Crippen LogP contribution in [0.2, 0.25) is 0 Å². The summed E-state index contributed by atoms with van der Waals surface area (Å²) in [6, 6.07) is 0. The summed E-state index contributed by atoms with van der Waals surface area (Å²) in [4.78, 5) is 11.3. The summed E-state index contributed by atoms with van der Waals surface area (Å²) in [5.74, 6) is 0.386. The summed E-state index contributed by atoms with van der Waals surface area (Å²) in [6.45, 7) is 9.58. The van der Waals surface area contributed by atoms with Crippen LogP contribution in [0.3, 0.4) is 0 Å². The zero-order chi connectivity index (χ0) is 13.8. The first-order valence-electron chi connectivity index (χ1n) is 7.03. The first kappa shape index (κ1) is 17.2. The molecule has 106 valence electrons. The second-order valence-corrected chi connectivity index (χ2v) is 4.60. The quantitative estimate of drug-likeness (QED) is 0.339. The maximum atomic E-state index is 11.3. The molecule has 0 spiro atoms. The predicted molar refractivity (Wildman–Crippen MR) is 74.5 cm³/mol. The van der Waals surface area contributed by atoms with Gasteiger partial charge in [-0.3, -0.25) is 0 Å². The van der Waals surface area contributed by atoms with Crippen LogP contribution < -0.4 is 0 Å². The fourth-order valence-corrected chi connectivity index (χ4v) is 1.57. The highest BCUT2D eigenvalue weighted by atomic mass is 16.6. The Kier molecular flexibility index (Phi) is 10.8. The summed E-state index contributed by atoms with van der Waals surface area (Å²) < 4.78 is 10.6. The molecule has 0 amide bonds. The van der Waals surface area contributed by atoms with Crippen LogP contribution in [0.1, 0.15) is 53.4 Å². The van der Waals surface area contributed by atoms with E-state index in [-0.39, 0.29) is 5.97 Å². The minimum Gasteiger partial charge on any atom is -0.460 e. The van der Waals surface area contributed by atoms with Gasteiger partial charge in [0.25, 0.3) is 0 Å². The molecule has 0 aliphatic rings. The van der Waals surface area contributed by atoms with E-state index in [2.05, 4.69) is 13.8 Å². The van der Waals surface area contributed by atoms with Crippen LogP contribution in [-0.2, 0) is 14.3 Å². The lowest BCUT2D eigenvalue weighted by molar-refractivity contribution is -0.140. The maximum Gasteiger partial charge on any atom is 0.333 e. The first-order chi connectivity index (χ1) is 8.65. The van der Waals surface area contributed by atoms with E-state index >= 15 is 0 Å². The van der Waals surface area contributed by atoms with Gasteiger partial charge in [-0.15, -0.1) is 0 Å². The highest BCUT2D eigenvalue weighted by Crippen LogP contribution is 2.12. The van der Waals surface area contributed by atoms with Crippen LogP contribution in [-0.4, -0.2) is 25.8 Å². The van der Waals surface area contributed by atoms with E-state index in [4.69, 9.17) is 9.47 Å². The van der Waals surface area contributed by atoms with Crippen molar-refractivity contribution in [2.24, 2.45) is 5.92 Å². The van der Waals surface area contributed by atoms with Gasteiger partial charge in [0, 0.05) is 12.2 Å². The van der Waals surface area contributed by atoms with Crippen molar-refractivity contribution in [1.29, 1.82) is 0 Å². The molecule has 0 bridgehead atoms. The van der Waals surface area contributed by atoms with Crippen LogP contribution in [0, 0.1) is 5.92 Å². The standard InChI is InChI=1S/C15H28O3/c1-5-8-9-14(7-3)12-17-10-11-18-15(16)13(4)6-2/h6,14H,5,7-12H2,1-4H3. The smallest absolute Gasteiger partial charge is 0.333 e. The molecule has 0 aromatic carbocycles. The Hall–Kier alpha value is -0.830. The first-order valence-corrected chi connectivity index (χ1v) is 7.03. The predicted octanol–water partition coefficient (Wildman–Crippen LogP) is 3.73. The lowest BCUT2D eigenvalue weighted by Crippen LogP contribution is -2.15. The summed E-state index contributed by atoms with van der Waals surface area (Å²) in [7, 11) is 0. The van der Waals surface area contributed by atoms with E-state index in [1.54, 1.807) is 13.0 Å². The molecule has 1 atom stereocenters. The van der Waals surface area contributed by atoms with Crippen molar-refractivity contribution in [2.75, 3.05) is 19.8 Å². The van der Waals surface area contributed by atoms with Crippen molar-refractivity contribution >= 4 is 5.97 Å². The van der Waals surface area contributed by atoms with Crippen molar-refractivity contribution in [3.05, 3.63) is 11.6 Å². The van der Waals surface area contributed by atoms with Gasteiger partial charge in [0.1, 0.15) is 6.61 Å². The lowest BCUT2D eigenvalue weighted by Gasteiger charge is -2.14. The van der Waals surface area contributed by atoms with Gasteiger partial charge in [-0.05, 0) is 26.2 Å². The number of carbonyl (C=O) groups excluding carboxylic acids is 1. The molecule has 3 nitrogen and oxygen atoms in total. The second kappa shape index (κ2) is 11.3. The fraction of sp³-hybridized carbons (Fsp3) is 0.800. The molecule has 0 saturated heterocycles. The Morgan fingerprint density at radius 2 is 2.00 bits per heavy atom. The highest BCUT2D eigenvalue weighted by molar-refractivity contribution is 5.87. The van der Waals surface area contributed by atoms with Crippen LogP contribution in [0.5, 0.6) is 0 Å². The molecule has 0 rings (SSSR count). The average Bonchev–Trinajstić information content (AvgIpc) is 2.40. The molecule has 0 aliphatic carbocycles.